The average Bonchev–Trinajstić information content (AvgIpc) is 2.29. The third-order valence-corrected chi connectivity index (χ3v) is 1.80. The van der Waals surface area contributed by atoms with Crippen LogP contribution >= 0.6 is 0 Å². The Labute approximate surface area is 97.3 Å². The third-order valence-electron chi connectivity index (χ3n) is 1.80. The number of hydrogen-bond donors (Lipinski definition) is 0. The maximum absolute atomic E-state index is 13.2. The quantitative estimate of drug-likeness (QED) is 0.625. The first-order chi connectivity index (χ1) is 8.30. The van der Waals surface area contributed by atoms with Gasteiger partial charge in [-0.3, -0.25) is 4.98 Å². The topological polar surface area (TPSA) is 48.4 Å². The summed E-state index contributed by atoms with van der Waals surface area (Å²) < 4.78 is 69.3. The van der Waals surface area contributed by atoms with E-state index in [-0.39, 0.29) is 0 Å². The molecule has 0 amide bonds. The number of aromatic nitrogens is 1. The number of ether oxygens (including phenoxy) is 2. The Kier molecular flexibility index (Phi) is 4.04. The van der Waals surface area contributed by atoms with Crippen LogP contribution in [-0.2, 0) is 11.4 Å². The first-order valence-electron chi connectivity index (χ1n) is 4.37. The molecule has 0 bridgehead atoms. The Hall–Kier alpha value is -1.93. The van der Waals surface area contributed by atoms with Gasteiger partial charge in [0, 0.05) is 0 Å². The Morgan fingerprint density at radius 3 is 2.50 bits per heavy atom. The molecule has 1 heterocycles. The van der Waals surface area contributed by atoms with Gasteiger partial charge in [0.05, 0.1) is 19.0 Å². The van der Waals surface area contributed by atoms with Crippen molar-refractivity contribution >= 4 is 5.97 Å². The molecule has 1 rings (SSSR count). The molecule has 9 heteroatoms. The number of alkyl halides is 4. The van der Waals surface area contributed by atoms with Gasteiger partial charge in [-0.05, 0) is 0 Å². The lowest BCUT2D eigenvalue weighted by atomic mass is 10.2. The second-order valence-corrected chi connectivity index (χ2v) is 2.93. The monoisotopic (exact) mass is 271 g/mol. The molecule has 0 fully saturated rings. The number of carbonyl (C=O) groups excluding carboxylic acids is 1. The minimum Gasteiger partial charge on any atom is -0.465 e. The molecule has 0 aromatic carbocycles. The standard InChI is InChI=1S/C9H6F5NO3/c1-17-8(16)6-5(2-10)15-3-4(11)7(6)18-9(12,13)14/h3H,2H2,1H3. The van der Waals surface area contributed by atoms with Crippen LogP contribution in [0.25, 0.3) is 0 Å². The van der Waals surface area contributed by atoms with Gasteiger partial charge in [0.2, 0.25) is 0 Å². The van der Waals surface area contributed by atoms with E-state index in [2.05, 4.69) is 14.5 Å². The fraction of sp³-hybridized carbons (Fsp3) is 0.333. The third kappa shape index (κ3) is 3.05. The van der Waals surface area contributed by atoms with Crippen LogP contribution < -0.4 is 4.74 Å². The van der Waals surface area contributed by atoms with E-state index in [1.165, 1.54) is 0 Å². The summed E-state index contributed by atoms with van der Waals surface area (Å²) in [6.45, 7) is -1.38. The molecule has 18 heavy (non-hydrogen) atoms. The van der Waals surface area contributed by atoms with Crippen molar-refractivity contribution in [2.75, 3.05) is 7.11 Å². The minimum absolute atomic E-state index is 0.322. The van der Waals surface area contributed by atoms with Gasteiger partial charge < -0.3 is 9.47 Å². The average molecular weight is 271 g/mol. The van der Waals surface area contributed by atoms with E-state index in [1.54, 1.807) is 0 Å². The van der Waals surface area contributed by atoms with E-state index in [9.17, 15) is 26.7 Å². The van der Waals surface area contributed by atoms with Crippen molar-refractivity contribution in [3.8, 4) is 5.75 Å². The van der Waals surface area contributed by atoms with Crippen molar-refractivity contribution in [1.82, 2.24) is 4.98 Å². The minimum atomic E-state index is -5.24. The summed E-state index contributed by atoms with van der Waals surface area (Å²) in [7, 11) is 0.840. The predicted molar refractivity (Wildman–Crippen MR) is 47.0 cm³/mol. The SMILES string of the molecule is COC(=O)c1c(CF)ncc(F)c1OC(F)(F)F. The van der Waals surface area contributed by atoms with E-state index >= 15 is 0 Å². The summed E-state index contributed by atoms with van der Waals surface area (Å²) in [5.41, 5.74) is -1.74. The Bertz CT molecular complexity index is 460. The smallest absolute Gasteiger partial charge is 0.465 e. The predicted octanol–water partition coefficient (Wildman–Crippen LogP) is 2.38. The number of hydrogen-bond acceptors (Lipinski definition) is 4. The molecule has 0 radical (unpaired) electrons. The Morgan fingerprint density at radius 2 is 2.06 bits per heavy atom. The van der Waals surface area contributed by atoms with Crippen LogP contribution in [0.15, 0.2) is 6.20 Å². The highest BCUT2D eigenvalue weighted by molar-refractivity contribution is 5.93. The van der Waals surface area contributed by atoms with Gasteiger partial charge in [-0.25, -0.2) is 13.6 Å². The van der Waals surface area contributed by atoms with Crippen LogP contribution in [-0.4, -0.2) is 24.4 Å². The van der Waals surface area contributed by atoms with Gasteiger partial charge in [0.15, 0.2) is 11.6 Å². The lowest BCUT2D eigenvalue weighted by Gasteiger charge is -2.14. The fourth-order valence-electron chi connectivity index (χ4n) is 1.14. The maximum Gasteiger partial charge on any atom is 0.573 e. The second kappa shape index (κ2) is 5.15. The van der Waals surface area contributed by atoms with Gasteiger partial charge >= 0.3 is 12.3 Å². The first kappa shape index (κ1) is 14.1. The molecule has 0 aliphatic carbocycles. The lowest BCUT2D eigenvalue weighted by Crippen LogP contribution is -2.21. The molecule has 0 atom stereocenters. The molecule has 0 spiro atoms. The summed E-state index contributed by atoms with van der Waals surface area (Å²) in [5, 5.41) is 0. The Morgan fingerprint density at radius 1 is 1.44 bits per heavy atom. The van der Waals surface area contributed by atoms with Crippen LogP contribution in [0.2, 0.25) is 0 Å². The summed E-state index contributed by atoms with van der Waals surface area (Å²) >= 11 is 0. The molecule has 0 N–H and O–H groups in total. The van der Waals surface area contributed by atoms with Crippen LogP contribution in [0.3, 0.4) is 0 Å². The molecule has 0 saturated carbocycles. The fourth-order valence-corrected chi connectivity index (χ4v) is 1.14. The Balaban J connectivity index is 3.41. The van der Waals surface area contributed by atoms with E-state index in [4.69, 9.17) is 0 Å². The van der Waals surface area contributed by atoms with Crippen LogP contribution in [0.1, 0.15) is 16.1 Å². The molecule has 1 aromatic rings. The van der Waals surface area contributed by atoms with Gasteiger partial charge in [-0.2, -0.15) is 0 Å². The van der Waals surface area contributed by atoms with Crippen molar-refractivity contribution in [1.29, 1.82) is 0 Å². The van der Waals surface area contributed by atoms with E-state index in [0.29, 0.717) is 6.20 Å². The molecule has 0 aliphatic heterocycles. The normalized spacial score (nSPS) is 11.2. The summed E-state index contributed by atoms with van der Waals surface area (Å²) in [4.78, 5) is 14.4. The number of nitrogens with zero attached hydrogens (tertiary/aromatic N) is 1. The maximum atomic E-state index is 13.2. The van der Waals surface area contributed by atoms with Gasteiger partial charge in [0.25, 0.3) is 0 Å². The highest BCUT2D eigenvalue weighted by atomic mass is 19.4. The number of esters is 1. The van der Waals surface area contributed by atoms with Gasteiger partial charge in [-0.1, -0.05) is 0 Å². The molecule has 0 saturated heterocycles. The molecular formula is C9H6F5NO3. The molecule has 4 nitrogen and oxygen atoms in total. The number of rotatable bonds is 3. The zero-order valence-electron chi connectivity index (χ0n) is 8.85. The van der Waals surface area contributed by atoms with Crippen molar-refractivity contribution in [2.24, 2.45) is 0 Å². The van der Waals surface area contributed by atoms with Crippen molar-refractivity contribution in [3.63, 3.8) is 0 Å². The zero-order chi connectivity index (χ0) is 13.9. The highest BCUT2D eigenvalue weighted by Gasteiger charge is 2.36. The second-order valence-electron chi connectivity index (χ2n) is 2.93. The molecule has 0 aliphatic rings. The molecule has 100 valence electrons. The van der Waals surface area contributed by atoms with Crippen LogP contribution in [0.5, 0.6) is 5.75 Å². The van der Waals surface area contributed by atoms with Crippen LogP contribution in [0.4, 0.5) is 22.0 Å². The van der Waals surface area contributed by atoms with E-state index < -0.39 is 41.8 Å². The zero-order valence-corrected chi connectivity index (χ0v) is 8.85. The van der Waals surface area contributed by atoms with Crippen molar-refractivity contribution in [3.05, 3.63) is 23.3 Å². The number of halogens is 5. The van der Waals surface area contributed by atoms with Gasteiger partial charge in [-0.15, -0.1) is 13.2 Å². The summed E-state index contributed by atoms with van der Waals surface area (Å²) in [5.74, 6) is -4.39. The van der Waals surface area contributed by atoms with Crippen molar-refractivity contribution in [2.45, 2.75) is 13.0 Å². The highest BCUT2D eigenvalue weighted by Crippen LogP contribution is 2.31. The first-order valence-corrected chi connectivity index (χ1v) is 4.37. The van der Waals surface area contributed by atoms with Gasteiger partial charge in [0.1, 0.15) is 12.2 Å². The molecular weight excluding hydrogens is 265 g/mol. The lowest BCUT2D eigenvalue weighted by molar-refractivity contribution is -0.275. The van der Waals surface area contributed by atoms with Crippen LogP contribution in [0, 0.1) is 5.82 Å². The van der Waals surface area contributed by atoms with Crippen molar-refractivity contribution < 1.29 is 36.2 Å². The number of carbonyl (C=O) groups is 1. The van der Waals surface area contributed by atoms with E-state index in [0.717, 1.165) is 7.11 Å². The summed E-state index contributed by atoms with van der Waals surface area (Å²) in [6, 6.07) is 0. The molecule has 1 aromatic heterocycles. The number of pyridine rings is 1. The van der Waals surface area contributed by atoms with E-state index in [1.807, 2.05) is 0 Å². The molecule has 0 unspecified atom stereocenters. The largest absolute Gasteiger partial charge is 0.573 e. The summed E-state index contributed by atoms with van der Waals surface area (Å²) in [6.07, 6.45) is -4.92. The number of methoxy groups -OCH3 is 1.